The third-order valence-electron chi connectivity index (χ3n) is 2.14. The van der Waals surface area contributed by atoms with Crippen molar-refractivity contribution in [1.82, 2.24) is 5.48 Å². The third-order valence-corrected chi connectivity index (χ3v) is 2.14. The minimum absolute atomic E-state index is 0.300. The molecule has 3 N–H and O–H groups in total. The van der Waals surface area contributed by atoms with Crippen LogP contribution in [0.4, 0.5) is 0 Å². The van der Waals surface area contributed by atoms with Gasteiger partial charge >= 0.3 is 0 Å². The van der Waals surface area contributed by atoms with Gasteiger partial charge in [0.1, 0.15) is 5.75 Å². The van der Waals surface area contributed by atoms with Gasteiger partial charge in [0, 0.05) is 6.54 Å². The van der Waals surface area contributed by atoms with Crippen LogP contribution < -0.4 is 5.48 Å². The lowest BCUT2D eigenvalue weighted by Crippen LogP contribution is -2.07. The summed E-state index contributed by atoms with van der Waals surface area (Å²) in [6.45, 7) is 4.18. The number of nitrogens with one attached hydrogen (secondary N) is 1. The Morgan fingerprint density at radius 2 is 1.92 bits per heavy atom. The number of hydrogen-bond acceptors (Lipinski definition) is 3. The van der Waals surface area contributed by atoms with Crippen molar-refractivity contribution in [2.75, 3.05) is 0 Å². The summed E-state index contributed by atoms with van der Waals surface area (Å²) in [5.74, 6) is 0.300. The van der Waals surface area contributed by atoms with Gasteiger partial charge in [-0.05, 0) is 36.6 Å². The monoisotopic (exact) mass is 167 g/mol. The zero-order chi connectivity index (χ0) is 9.14. The van der Waals surface area contributed by atoms with Gasteiger partial charge in [0.15, 0.2) is 0 Å². The highest BCUT2D eigenvalue weighted by Crippen LogP contribution is 2.22. The zero-order valence-corrected chi connectivity index (χ0v) is 7.26. The highest BCUT2D eigenvalue weighted by molar-refractivity contribution is 5.42. The van der Waals surface area contributed by atoms with Gasteiger partial charge in [0.05, 0.1) is 0 Å². The maximum atomic E-state index is 9.31. The number of hydrogen-bond donors (Lipinski definition) is 3. The molecule has 0 atom stereocenters. The molecule has 1 rings (SSSR count). The van der Waals surface area contributed by atoms with Crippen LogP contribution in [0.5, 0.6) is 5.75 Å². The van der Waals surface area contributed by atoms with Gasteiger partial charge in [-0.25, -0.2) is 5.48 Å². The fourth-order valence-corrected chi connectivity index (χ4v) is 1.14. The van der Waals surface area contributed by atoms with Gasteiger partial charge in [-0.2, -0.15) is 0 Å². The molecule has 0 saturated carbocycles. The van der Waals surface area contributed by atoms with Crippen molar-refractivity contribution in [2.24, 2.45) is 0 Å². The zero-order valence-electron chi connectivity index (χ0n) is 7.26. The van der Waals surface area contributed by atoms with Crippen LogP contribution in [0.15, 0.2) is 12.1 Å². The lowest BCUT2D eigenvalue weighted by molar-refractivity contribution is 0.161. The molecule has 0 unspecified atom stereocenters. The molecule has 0 amide bonds. The maximum absolute atomic E-state index is 9.31. The smallest absolute Gasteiger partial charge is 0.118 e. The summed E-state index contributed by atoms with van der Waals surface area (Å²) in [5, 5.41) is 17.8. The van der Waals surface area contributed by atoms with Gasteiger partial charge in [0.25, 0.3) is 0 Å². The molecule has 3 heteroatoms. The SMILES string of the molecule is Cc1c(O)ccc(CNO)c1C. The van der Waals surface area contributed by atoms with Crippen LogP contribution in [0.25, 0.3) is 0 Å². The van der Waals surface area contributed by atoms with Crippen LogP contribution >= 0.6 is 0 Å². The molecule has 0 heterocycles. The largest absolute Gasteiger partial charge is 0.508 e. The molecule has 0 spiro atoms. The summed E-state index contributed by atoms with van der Waals surface area (Å²) in [6.07, 6.45) is 0. The van der Waals surface area contributed by atoms with Crippen molar-refractivity contribution >= 4 is 0 Å². The summed E-state index contributed by atoms with van der Waals surface area (Å²) in [6, 6.07) is 3.43. The van der Waals surface area contributed by atoms with E-state index in [0.717, 1.165) is 16.7 Å². The second-order valence-electron chi connectivity index (χ2n) is 2.83. The van der Waals surface area contributed by atoms with Crippen molar-refractivity contribution in [1.29, 1.82) is 0 Å². The molecule has 0 aliphatic rings. The van der Waals surface area contributed by atoms with E-state index >= 15 is 0 Å². The average molecular weight is 167 g/mol. The number of benzene rings is 1. The first-order chi connectivity index (χ1) is 5.66. The first-order valence-electron chi connectivity index (χ1n) is 3.82. The van der Waals surface area contributed by atoms with Gasteiger partial charge in [0.2, 0.25) is 0 Å². The molecule has 66 valence electrons. The van der Waals surface area contributed by atoms with Crippen LogP contribution in [-0.2, 0) is 6.54 Å². The second kappa shape index (κ2) is 3.56. The Bertz CT molecular complexity index is 284. The van der Waals surface area contributed by atoms with E-state index in [-0.39, 0.29) is 0 Å². The summed E-state index contributed by atoms with van der Waals surface area (Å²) in [5.41, 5.74) is 4.96. The number of phenols is 1. The van der Waals surface area contributed by atoms with E-state index < -0.39 is 0 Å². The van der Waals surface area contributed by atoms with Crippen molar-refractivity contribution in [3.63, 3.8) is 0 Å². The summed E-state index contributed by atoms with van der Waals surface area (Å²) < 4.78 is 0. The minimum Gasteiger partial charge on any atom is -0.508 e. The highest BCUT2D eigenvalue weighted by Gasteiger charge is 2.03. The van der Waals surface area contributed by atoms with Crippen LogP contribution in [0.1, 0.15) is 16.7 Å². The van der Waals surface area contributed by atoms with Crippen LogP contribution in [-0.4, -0.2) is 10.3 Å². The topological polar surface area (TPSA) is 52.5 Å². The Balaban J connectivity index is 3.08. The van der Waals surface area contributed by atoms with Gasteiger partial charge in [-0.1, -0.05) is 6.07 Å². The molecule has 0 bridgehead atoms. The number of aromatic hydroxyl groups is 1. The van der Waals surface area contributed by atoms with E-state index in [9.17, 15) is 5.11 Å². The quantitative estimate of drug-likeness (QED) is 0.585. The lowest BCUT2D eigenvalue weighted by Gasteiger charge is -2.08. The molecule has 0 aromatic heterocycles. The molecule has 0 aliphatic heterocycles. The van der Waals surface area contributed by atoms with Gasteiger partial charge in [-0.15, -0.1) is 0 Å². The highest BCUT2D eigenvalue weighted by atomic mass is 16.5. The fraction of sp³-hybridized carbons (Fsp3) is 0.333. The molecule has 12 heavy (non-hydrogen) atoms. The number of phenolic OH excluding ortho intramolecular Hbond substituents is 1. The van der Waals surface area contributed by atoms with E-state index in [0.29, 0.717) is 12.3 Å². The summed E-state index contributed by atoms with van der Waals surface area (Å²) in [4.78, 5) is 0. The Kier molecular flexibility index (Phi) is 2.68. The van der Waals surface area contributed by atoms with Crippen molar-refractivity contribution in [3.8, 4) is 5.75 Å². The van der Waals surface area contributed by atoms with E-state index in [1.165, 1.54) is 0 Å². The average Bonchev–Trinajstić information content (AvgIpc) is 2.07. The first-order valence-corrected chi connectivity index (χ1v) is 3.82. The summed E-state index contributed by atoms with van der Waals surface area (Å²) in [7, 11) is 0. The first kappa shape index (κ1) is 9.03. The molecule has 3 nitrogen and oxygen atoms in total. The maximum Gasteiger partial charge on any atom is 0.118 e. The molecule has 1 aromatic carbocycles. The van der Waals surface area contributed by atoms with Crippen LogP contribution in [0, 0.1) is 13.8 Å². The lowest BCUT2D eigenvalue weighted by atomic mass is 10.0. The normalized spacial score (nSPS) is 10.2. The van der Waals surface area contributed by atoms with E-state index in [1.807, 2.05) is 13.8 Å². The summed E-state index contributed by atoms with van der Waals surface area (Å²) >= 11 is 0. The molecular weight excluding hydrogens is 154 g/mol. The van der Waals surface area contributed by atoms with Gasteiger partial charge in [-0.3, -0.25) is 0 Å². The van der Waals surface area contributed by atoms with E-state index in [1.54, 1.807) is 12.1 Å². The molecule has 0 fully saturated rings. The standard InChI is InChI=1S/C9H13NO2/c1-6-7(2)9(11)4-3-8(6)5-10-12/h3-4,10-12H,5H2,1-2H3. The van der Waals surface area contributed by atoms with Crippen molar-refractivity contribution < 1.29 is 10.3 Å². The number of rotatable bonds is 2. The Morgan fingerprint density at radius 3 is 2.50 bits per heavy atom. The minimum atomic E-state index is 0.300. The van der Waals surface area contributed by atoms with Crippen LogP contribution in [0.3, 0.4) is 0 Å². The van der Waals surface area contributed by atoms with Gasteiger partial charge < -0.3 is 10.3 Å². The third kappa shape index (κ3) is 1.57. The number of hydroxylamine groups is 1. The molecule has 0 radical (unpaired) electrons. The van der Waals surface area contributed by atoms with Crippen LogP contribution in [0.2, 0.25) is 0 Å². The predicted molar refractivity (Wildman–Crippen MR) is 46.2 cm³/mol. The van der Waals surface area contributed by atoms with E-state index in [2.05, 4.69) is 5.48 Å². The van der Waals surface area contributed by atoms with E-state index in [4.69, 9.17) is 5.21 Å². The predicted octanol–water partition coefficient (Wildman–Crippen LogP) is 1.49. The fourth-order valence-electron chi connectivity index (χ4n) is 1.14. The molecule has 1 aromatic rings. The second-order valence-corrected chi connectivity index (χ2v) is 2.83. The van der Waals surface area contributed by atoms with Crippen molar-refractivity contribution in [3.05, 3.63) is 28.8 Å². The Labute approximate surface area is 71.6 Å². The molecule has 0 saturated heterocycles. The Morgan fingerprint density at radius 1 is 1.25 bits per heavy atom. The van der Waals surface area contributed by atoms with Crippen molar-refractivity contribution in [2.45, 2.75) is 20.4 Å². The Hall–Kier alpha value is -1.06. The molecular formula is C9H13NO2. The molecule has 0 aliphatic carbocycles.